The number of nitrogens with zero attached hydrogens (tertiary/aromatic N) is 3. The molecule has 1 aromatic rings. The Morgan fingerprint density at radius 1 is 1.48 bits per heavy atom. The van der Waals surface area contributed by atoms with E-state index in [4.69, 9.17) is 0 Å². The number of anilines is 1. The Hall–Kier alpha value is -1.24. The number of hydrogen-bond donors (Lipinski definition) is 1. The van der Waals surface area contributed by atoms with Gasteiger partial charge in [0.15, 0.2) is 0 Å². The summed E-state index contributed by atoms with van der Waals surface area (Å²) in [7, 11) is 1.78. The smallest absolute Gasteiger partial charge is 0.333 e. The van der Waals surface area contributed by atoms with Crippen molar-refractivity contribution >= 4 is 23.3 Å². The Labute approximate surface area is 129 Å². The maximum atomic E-state index is 11.4. The Balaban J connectivity index is 2.14. The molecule has 0 aliphatic heterocycles. The van der Waals surface area contributed by atoms with Gasteiger partial charge in [0.1, 0.15) is 5.69 Å². The first-order valence-corrected chi connectivity index (χ1v) is 8.70. The van der Waals surface area contributed by atoms with Crippen LogP contribution in [0.5, 0.6) is 0 Å². The van der Waals surface area contributed by atoms with E-state index in [9.17, 15) is 10.1 Å². The van der Waals surface area contributed by atoms with Crippen LogP contribution < -0.4 is 5.32 Å². The number of thioether (sulfide) groups is 1. The van der Waals surface area contributed by atoms with Crippen molar-refractivity contribution in [3.05, 3.63) is 15.8 Å². The van der Waals surface area contributed by atoms with Crippen molar-refractivity contribution in [1.29, 1.82) is 0 Å². The van der Waals surface area contributed by atoms with E-state index >= 15 is 0 Å². The molecule has 21 heavy (non-hydrogen) atoms. The molecular weight excluding hydrogens is 288 g/mol. The fourth-order valence-corrected chi connectivity index (χ4v) is 4.12. The molecule has 118 valence electrons. The fraction of sp³-hybridized carbons (Fsp3) is 0.786. The summed E-state index contributed by atoms with van der Waals surface area (Å²) >= 11 is 1.98. The maximum absolute atomic E-state index is 11.4. The minimum Gasteiger partial charge on any atom is -0.362 e. The molecule has 6 nitrogen and oxygen atoms in total. The summed E-state index contributed by atoms with van der Waals surface area (Å²) in [6.07, 6.45) is 4.83. The van der Waals surface area contributed by atoms with Crippen molar-refractivity contribution in [2.75, 3.05) is 11.1 Å². The van der Waals surface area contributed by atoms with Gasteiger partial charge in [0.25, 0.3) is 0 Å². The standard InChI is InChI=1S/C14H24N4O2S/c1-4-6-12-13(18(19)20)14(17(3)16-12)15-10-7-8-11(9-10)21-5-2/h10-11,15H,4-9H2,1-3H3. The largest absolute Gasteiger partial charge is 0.362 e. The van der Waals surface area contributed by atoms with E-state index in [1.54, 1.807) is 11.7 Å². The van der Waals surface area contributed by atoms with Crippen LogP contribution in [0.2, 0.25) is 0 Å². The van der Waals surface area contributed by atoms with Gasteiger partial charge >= 0.3 is 5.69 Å². The van der Waals surface area contributed by atoms with Crippen molar-refractivity contribution in [3.8, 4) is 0 Å². The topological polar surface area (TPSA) is 73.0 Å². The monoisotopic (exact) mass is 312 g/mol. The van der Waals surface area contributed by atoms with Crippen LogP contribution in [-0.4, -0.2) is 31.7 Å². The van der Waals surface area contributed by atoms with Gasteiger partial charge in [0.2, 0.25) is 5.82 Å². The van der Waals surface area contributed by atoms with Crippen molar-refractivity contribution in [2.24, 2.45) is 7.05 Å². The van der Waals surface area contributed by atoms with Gasteiger partial charge in [0.05, 0.1) is 4.92 Å². The van der Waals surface area contributed by atoms with Crippen LogP contribution in [-0.2, 0) is 13.5 Å². The average molecular weight is 312 g/mol. The van der Waals surface area contributed by atoms with Crippen LogP contribution in [0.15, 0.2) is 0 Å². The molecule has 1 heterocycles. The summed E-state index contributed by atoms with van der Waals surface area (Å²) in [6, 6.07) is 0.317. The molecule has 7 heteroatoms. The summed E-state index contributed by atoms with van der Waals surface area (Å²) < 4.78 is 1.63. The van der Waals surface area contributed by atoms with E-state index in [1.807, 2.05) is 18.7 Å². The third-order valence-corrected chi connectivity index (χ3v) is 5.12. The highest BCUT2D eigenvalue weighted by Gasteiger charge is 2.31. The second-order valence-electron chi connectivity index (χ2n) is 5.51. The number of aryl methyl sites for hydroxylation is 2. The molecule has 2 atom stereocenters. The fourth-order valence-electron chi connectivity index (χ4n) is 2.98. The first kappa shape index (κ1) is 16.1. The molecule has 0 amide bonds. The van der Waals surface area contributed by atoms with E-state index in [1.165, 1.54) is 6.42 Å². The predicted octanol–water partition coefficient (Wildman–Crippen LogP) is 3.37. The van der Waals surface area contributed by atoms with Crippen LogP contribution in [0, 0.1) is 10.1 Å². The van der Waals surface area contributed by atoms with E-state index in [2.05, 4.69) is 17.3 Å². The molecule has 0 spiro atoms. The molecule has 1 aromatic heterocycles. The van der Waals surface area contributed by atoms with Gasteiger partial charge in [-0.15, -0.1) is 0 Å². The van der Waals surface area contributed by atoms with Gasteiger partial charge in [-0.05, 0) is 31.4 Å². The highest BCUT2D eigenvalue weighted by Crippen LogP contribution is 2.35. The summed E-state index contributed by atoms with van der Waals surface area (Å²) in [5.74, 6) is 1.69. The van der Waals surface area contributed by atoms with Gasteiger partial charge in [-0.3, -0.25) is 10.1 Å². The van der Waals surface area contributed by atoms with Crippen LogP contribution in [0.25, 0.3) is 0 Å². The first-order valence-electron chi connectivity index (χ1n) is 7.65. The lowest BCUT2D eigenvalue weighted by Gasteiger charge is -2.13. The highest BCUT2D eigenvalue weighted by molar-refractivity contribution is 7.99. The quantitative estimate of drug-likeness (QED) is 0.617. The minimum absolute atomic E-state index is 0.158. The summed E-state index contributed by atoms with van der Waals surface area (Å²) in [6.45, 7) is 4.18. The Morgan fingerprint density at radius 3 is 2.86 bits per heavy atom. The lowest BCUT2D eigenvalue weighted by molar-refractivity contribution is -0.384. The van der Waals surface area contributed by atoms with E-state index in [0.29, 0.717) is 29.2 Å². The van der Waals surface area contributed by atoms with Crippen molar-refractivity contribution in [2.45, 2.75) is 57.2 Å². The lowest BCUT2D eigenvalue weighted by atomic mass is 10.2. The number of hydrogen-bond acceptors (Lipinski definition) is 5. The number of nitro groups is 1. The second-order valence-corrected chi connectivity index (χ2v) is 7.08. The Kier molecular flexibility index (Phi) is 5.50. The molecule has 1 N–H and O–H groups in total. The maximum Gasteiger partial charge on any atom is 0.333 e. The molecule has 0 saturated heterocycles. The number of nitrogens with one attached hydrogen (secondary N) is 1. The molecular formula is C14H24N4O2S. The van der Waals surface area contributed by atoms with Crippen molar-refractivity contribution in [3.63, 3.8) is 0 Å². The minimum atomic E-state index is -0.298. The molecule has 1 aliphatic rings. The van der Waals surface area contributed by atoms with Crippen LogP contribution >= 0.6 is 11.8 Å². The Bertz CT molecular complexity index is 503. The molecule has 2 rings (SSSR count). The second kappa shape index (κ2) is 7.15. The zero-order valence-corrected chi connectivity index (χ0v) is 13.8. The van der Waals surface area contributed by atoms with Crippen LogP contribution in [0.4, 0.5) is 11.5 Å². The van der Waals surface area contributed by atoms with E-state index < -0.39 is 0 Å². The van der Waals surface area contributed by atoms with E-state index in [-0.39, 0.29) is 10.6 Å². The zero-order valence-electron chi connectivity index (χ0n) is 13.0. The number of aromatic nitrogens is 2. The molecule has 2 unspecified atom stereocenters. The van der Waals surface area contributed by atoms with Crippen molar-refractivity contribution < 1.29 is 4.92 Å². The first-order chi connectivity index (χ1) is 10.1. The Morgan fingerprint density at radius 2 is 2.24 bits per heavy atom. The van der Waals surface area contributed by atoms with E-state index in [0.717, 1.165) is 25.0 Å². The number of rotatable bonds is 7. The molecule has 0 aromatic carbocycles. The molecule has 1 fully saturated rings. The molecule has 0 radical (unpaired) electrons. The van der Waals surface area contributed by atoms with Gasteiger partial charge < -0.3 is 5.32 Å². The lowest BCUT2D eigenvalue weighted by Crippen LogP contribution is -2.19. The summed E-state index contributed by atoms with van der Waals surface area (Å²) in [5.41, 5.74) is 0.746. The summed E-state index contributed by atoms with van der Waals surface area (Å²) in [5, 5.41) is 19.8. The van der Waals surface area contributed by atoms with Gasteiger partial charge in [0, 0.05) is 18.3 Å². The highest BCUT2D eigenvalue weighted by atomic mass is 32.2. The third kappa shape index (κ3) is 3.70. The van der Waals surface area contributed by atoms with Crippen LogP contribution in [0.3, 0.4) is 0 Å². The van der Waals surface area contributed by atoms with Crippen molar-refractivity contribution in [1.82, 2.24) is 9.78 Å². The average Bonchev–Trinajstić information content (AvgIpc) is 2.97. The predicted molar refractivity (Wildman–Crippen MR) is 87.0 cm³/mol. The molecule has 1 saturated carbocycles. The molecule has 1 aliphatic carbocycles. The normalized spacial score (nSPS) is 21.7. The van der Waals surface area contributed by atoms with Gasteiger partial charge in [-0.2, -0.15) is 16.9 Å². The van der Waals surface area contributed by atoms with Crippen LogP contribution in [0.1, 0.15) is 45.2 Å². The third-order valence-electron chi connectivity index (χ3n) is 3.89. The van der Waals surface area contributed by atoms with Gasteiger partial charge in [-0.1, -0.05) is 20.3 Å². The van der Waals surface area contributed by atoms with Gasteiger partial charge in [-0.25, -0.2) is 4.68 Å². The SMILES string of the molecule is CCCc1nn(C)c(NC2CCC(SCC)C2)c1[N+](=O)[O-]. The summed E-state index contributed by atoms with van der Waals surface area (Å²) in [4.78, 5) is 11.1. The molecule has 0 bridgehead atoms. The zero-order chi connectivity index (χ0) is 15.4.